The van der Waals surface area contributed by atoms with Crippen molar-refractivity contribution in [3.8, 4) is 0 Å². The number of hydrogen-bond acceptors (Lipinski definition) is 3. The molecule has 0 saturated heterocycles. The topological polar surface area (TPSA) is 62.2 Å². The van der Waals surface area contributed by atoms with Crippen molar-refractivity contribution in [2.24, 2.45) is 0 Å². The zero-order valence-electron chi connectivity index (χ0n) is 7.15. The highest BCUT2D eigenvalue weighted by molar-refractivity contribution is 5.94. The summed E-state index contributed by atoms with van der Waals surface area (Å²) in [5, 5.41) is 8.38. The Labute approximate surface area is 74.9 Å². The number of pyridine rings is 1. The van der Waals surface area contributed by atoms with E-state index in [1.54, 1.807) is 23.8 Å². The maximum absolute atomic E-state index is 11.0. The highest BCUT2D eigenvalue weighted by Crippen LogP contribution is 2.04. The predicted octanol–water partition coefficient (Wildman–Crippen LogP) is 0.915. The van der Waals surface area contributed by atoms with E-state index in [1.165, 1.54) is 0 Å². The third-order valence-corrected chi connectivity index (χ3v) is 1.57. The summed E-state index contributed by atoms with van der Waals surface area (Å²) in [5.74, 6) is -0.514. The number of carbonyl (C=O) groups excluding carboxylic acids is 1. The minimum Gasteiger partial charge on any atom is -0.288 e. The Kier molecular flexibility index (Phi) is 4.61. The molecule has 0 atom stereocenters. The Balaban J connectivity index is 0.00000144. The van der Waals surface area contributed by atoms with Crippen LogP contribution in [0.1, 0.15) is 23.0 Å². The summed E-state index contributed by atoms with van der Waals surface area (Å²) in [4.78, 5) is 15.0. The Morgan fingerprint density at radius 3 is 2.92 bits per heavy atom. The lowest BCUT2D eigenvalue weighted by atomic mass is 10.1. The number of nitrogens with zero attached hydrogens (tertiary/aromatic N) is 1. The highest BCUT2D eigenvalue weighted by atomic mass is 19.0. The number of carbonyl (C=O) groups is 1. The maximum atomic E-state index is 11.0. The van der Waals surface area contributed by atoms with Gasteiger partial charge in [-0.15, -0.1) is 0 Å². The SMILES string of the molecule is CCc1ncccc1C(=O)NO.F. The Bertz CT molecular complexity index is 291. The van der Waals surface area contributed by atoms with E-state index >= 15 is 0 Å². The molecule has 4 nitrogen and oxygen atoms in total. The van der Waals surface area contributed by atoms with Gasteiger partial charge in [0.25, 0.3) is 5.91 Å². The molecule has 0 aliphatic carbocycles. The minimum absolute atomic E-state index is 0. The summed E-state index contributed by atoms with van der Waals surface area (Å²) in [7, 11) is 0. The lowest BCUT2D eigenvalue weighted by Gasteiger charge is -2.02. The van der Waals surface area contributed by atoms with Crippen molar-refractivity contribution in [3.05, 3.63) is 29.6 Å². The quantitative estimate of drug-likeness (QED) is 0.533. The number of halogens is 1. The summed E-state index contributed by atoms with van der Waals surface area (Å²) in [5.41, 5.74) is 2.68. The molecule has 1 heterocycles. The lowest BCUT2D eigenvalue weighted by molar-refractivity contribution is 0.0705. The van der Waals surface area contributed by atoms with E-state index in [0.717, 1.165) is 0 Å². The molecular formula is C8H11FN2O2. The van der Waals surface area contributed by atoms with Gasteiger partial charge in [0, 0.05) is 6.20 Å². The largest absolute Gasteiger partial charge is 0.288 e. The molecule has 1 aromatic heterocycles. The molecule has 0 aliphatic heterocycles. The second kappa shape index (κ2) is 5.21. The van der Waals surface area contributed by atoms with E-state index in [-0.39, 0.29) is 4.70 Å². The van der Waals surface area contributed by atoms with Gasteiger partial charge in [0.05, 0.1) is 11.3 Å². The Morgan fingerprint density at radius 2 is 2.38 bits per heavy atom. The Morgan fingerprint density at radius 1 is 1.69 bits per heavy atom. The number of rotatable bonds is 2. The van der Waals surface area contributed by atoms with E-state index in [2.05, 4.69) is 4.98 Å². The van der Waals surface area contributed by atoms with Crippen LogP contribution in [0.4, 0.5) is 4.70 Å². The van der Waals surface area contributed by atoms with Gasteiger partial charge in [0.1, 0.15) is 0 Å². The average molecular weight is 186 g/mol. The molecule has 0 aromatic carbocycles. The Hall–Kier alpha value is -1.49. The van der Waals surface area contributed by atoms with Crippen molar-refractivity contribution in [3.63, 3.8) is 0 Å². The van der Waals surface area contributed by atoms with E-state index in [1.807, 2.05) is 6.92 Å². The van der Waals surface area contributed by atoms with Crippen molar-refractivity contribution in [1.82, 2.24) is 10.5 Å². The standard InChI is InChI=1S/C8H10N2O2.FH/c1-2-7-6(8(11)10-12)4-3-5-9-7;/h3-5,12H,2H2,1H3,(H,10,11);1H. The third kappa shape index (κ3) is 2.48. The molecule has 0 saturated carbocycles. The fourth-order valence-electron chi connectivity index (χ4n) is 0.987. The first-order chi connectivity index (χ1) is 5.79. The molecule has 0 unspecified atom stereocenters. The van der Waals surface area contributed by atoms with Crippen LogP contribution < -0.4 is 5.48 Å². The number of hydroxylamine groups is 1. The van der Waals surface area contributed by atoms with Crippen molar-refractivity contribution < 1.29 is 14.7 Å². The van der Waals surface area contributed by atoms with Crippen molar-refractivity contribution >= 4 is 5.91 Å². The minimum atomic E-state index is -0.514. The van der Waals surface area contributed by atoms with Crippen LogP contribution in [0.2, 0.25) is 0 Å². The smallest absolute Gasteiger partial charge is 0.276 e. The molecule has 0 aliphatic rings. The molecule has 5 heteroatoms. The summed E-state index contributed by atoms with van der Waals surface area (Å²) in [6, 6.07) is 3.28. The van der Waals surface area contributed by atoms with Crippen LogP contribution in [0.5, 0.6) is 0 Å². The number of aromatic nitrogens is 1. The average Bonchev–Trinajstić information content (AvgIpc) is 2.16. The monoisotopic (exact) mass is 186 g/mol. The first-order valence-corrected chi connectivity index (χ1v) is 3.68. The van der Waals surface area contributed by atoms with Gasteiger partial charge >= 0.3 is 0 Å². The van der Waals surface area contributed by atoms with Gasteiger partial charge in [0.2, 0.25) is 0 Å². The van der Waals surface area contributed by atoms with Crippen LogP contribution in [0.3, 0.4) is 0 Å². The molecule has 1 aromatic rings. The van der Waals surface area contributed by atoms with Gasteiger partial charge in [-0.1, -0.05) is 6.92 Å². The van der Waals surface area contributed by atoms with Crippen LogP contribution in [0, 0.1) is 0 Å². The van der Waals surface area contributed by atoms with Gasteiger partial charge < -0.3 is 0 Å². The number of nitrogens with one attached hydrogen (secondary N) is 1. The molecule has 2 N–H and O–H groups in total. The molecular weight excluding hydrogens is 175 g/mol. The van der Waals surface area contributed by atoms with Gasteiger partial charge in [-0.3, -0.25) is 19.7 Å². The van der Waals surface area contributed by atoms with E-state index in [0.29, 0.717) is 17.7 Å². The molecule has 0 bridgehead atoms. The van der Waals surface area contributed by atoms with Crippen LogP contribution in [0.25, 0.3) is 0 Å². The van der Waals surface area contributed by atoms with Gasteiger partial charge in [0.15, 0.2) is 0 Å². The van der Waals surface area contributed by atoms with Crippen molar-refractivity contribution in [2.45, 2.75) is 13.3 Å². The van der Waals surface area contributed by atoms with E-state index in [4.69, 9.17) is 5.21 Å². The van der Waals surface area contributed by atoms with Crippen molar-refractivity contribution in [1.29, 1.82) is 0 Å². The number of aryl methyl sites for hydroxylation is 1. The lowest BCUT2D eigenvalue weighted by Crippen LogP contribution is -2.20. The molecule has 0 radical (unpaired) electrons. The van der Waals surface area contributed by atoms with E-state index < -0.39 is 5.91 Å². The molecule has 1 rings (SSSR count). The molecule has 72 valence electrons. The predicted molar refractivity (Wildman–Crippen MR) is 45.4 cm³/mol. The zero-order chi connectivity index (χ0) is 8.97. The fraction of sp³-hybridized carbons (Fsp3) is 0.250. The fourth-order valence-corrected chi connectivity index (χ4v) is 0.987. The van der Waals surface area contributed by atoms with Crippen LogP contribution in [-0.4, -0.2) is 16.1 Å². The molecule has 0 fully saturated rings. The first kappa shape index (κ1) is 11.5. The first-order valence-electron chi connectivity index (χ1n) is 3.68. The van der Waals surface area contributed by atoms with Gasteiger partial charge in [-0.05, 0) is 18.6 Å². The summed E-state index contributed by atoms with van der Waals surface area (Å²) < 4.78 is 0. The maximum Gasteiger partial charge on any atom is 0.276 e. The van der Waals surface area contributed by atoms with Crippen LogP contribution >= 0.6 is 0 Å². The summed E-state index contributed by atoms with van der Waals surface area (Å²) in [6.07, 6.45) is 2.29. The zero-order valence-corrected chi connectivity index (χ0v) is 7.15. The number of amides is 1. The molecule has 1 amide bonds. The van der Waals surface area contributed by atoms with Crippen LogP contribution in [-0.2, 0) is 6.42 Å². The molecule has 13 heavy (non-hydrogen) atoms. The highest BCUT2D eigenvalue weighted by Gasteiger charge is 2.08. The second-order valence-electron chi connectivity index (χ2n) is 2.29. The molecule has 0 spiro atoms. The van der Waals surface area contributed by atoms with Gasteiger partial charge in [-0.25, -0.2) is 5.48 Å². The summed E-state index contributed by atoms with van der Waals surface area (Å²) >= 11 is 0. The van der Waals surface area contributed by atoms with E-state index in [9.17, 15) is 4.79 Å². The van der Waals surface area contributed by atoms with Crippen molar-refractivity contribution in [2.75, 3.05) is 0 Å². The summed E-state index contributed by atoms with van der Waals surface area (Å²) in [6.45, 7) is 1.90. The normalized spacial score (nSPS) is 8.77. The second-order valence-corrected chi connectivity index (χ2v) is 2.29. The van der Waals surface area contributed by atoms with Gasteiger partial charge in [-0.2, -0.15) is 0 Å². The van der Waals surface area contributed by atoms with Crippen LogP contribution in [0.15, 0.2) is 18.3 Å². The third-order valence-electron chi connectivity index (χ3n) is 1.57. The number of hydrogen-bond donors (Lipinski definition) is 2.